The number of aromatic amines is 1. The number of hydrogen-bond acceptors (Lipinski definition) is 2. The molecule has 0 amide bonds. The van der Waals surface area contributed by atoms with E-state index in [9.17, 15) is 4.79 Å². The van der Waals surface area contributed by atoms with Crippen LogP contribution in [0.1, 0.15) is 41.3 Å². The first-order chi connectivity index (χ1) is 14.5. The summed E-state index contributed by atoms with van der Waals surface area (Å²) in [7, 11) is 0. The van der Waals surface area contributed by atoms with Gasteiger partial charge in [0.1, 0.15) is 5.82 Å². The molecule has 30 heavy (non-hydrogen) atoms. The molecule has 3 aromatic carbocycles. The maximum Gasteiger partial charge on any atom is 0.162 e. The fourth-order valence-electron chi connectivity index (χ4n) is 3.56. The Morgan fingerprint density at radius 2 is 1.67 bits per heavy atom. The Balaban J connectivity index is 1.47. The summed E-state index contributed by atoms with van der Waals surface area (Å²) in [4.78, 5) is 20.5. The molecule has 0 saturated heterocycles. The Bertz CT molecular complexity index is 1180. The van der Waals surface area contributed by atoms with Gasteiger partial charge in [-0.25, -0.2) is 4.98 Å². The average molecular weight is 437 g/mol. The molecule has 0 atom stereocenters. The van der Waals surface area contributed by atoms with E-state index in [0.29, 0.717) is 33.4 Å². The number of H-pyrrole nitrogens is 1. The van der Waals surface area contributed by atoms with Gasteiger partial charge in [0.15, 0.2) is 5.78 Å². The summed E-state index contributed by atoms with van der Waals surface area (Å²) < 4.78 is 0. The number of carbonyl (C=O) groups is 1. The van der Waals surface area contributed by atoms with Crippen molar-refractivity contribution in [2.75, 3.05) is 0 Å². The number of benzene rings is 3. The molecule has 1 heterocycles. The molecule has 0 bridgehead atoms. The largest absolute Gasteiger partial charge is 0.338 e. The Morgan fingerprint density at radius 1 is 0.967 bits per heavy atom. The predicted molar refractivity (Wildman–Crippen MR) is 125 cm³/mol. The fourth-order valence-corrected chi connectivity index (χ4v) is 4.14. The lowest BCUT2D eigenvalue weighted by molar-refractivity contribution is 0.0980. The normalized spacial score (nSPS) is 11.2. The van der Waals surface area contributed by atoms with Crippen LogP contribution in [0.5, 0.6) is 0 Å². The Labute approximate surface area is 186 Å². The SMILES string of the molecule is CCc1ccc(CCCC(=O)c2ccc3nc(-c4c(Cl)cccc4Cl)[nH]c3c2)cc1. The number of fused-ring (bicyclic) bond motifs is 1. The molecule has 0 aliphatic rings. The van der Waals surface area contributed by atoms with E-state index in [1.807, 2.05) is 18.2 Å². The lowest BCUT2D eigenvalue weighted by Gasteiger charge is -2.04. The van der Waals surface area contributed by atoms with Crippen molar-refractivity contribution in [1.82, 2.24) is 9.97 Å². The summed E-state index contributed by atoms with van der Waals surface area (Å²) in [5.41, 5.74) is 5.52. The minimum absolute atomic E-state index is 0.133. The molecule has 0 spiro atoms. The van der Waals surface area contributed by atoms with Crippen molar-refractivity contribution in [3.63, 3.8) is 0 Å². The molecule has 5 heteroatoms. The van der Waals surface area contributed by atoms with E-state index in [1.54, 1.807) is 18.2 Å². The molecule has 1 N–H and O–H groups in total. The van der Waals surface area contributed by atoms with E-state index in [4.69, 9.17) is 23.2 Å². The zero-order valence-corrected chi connectivity index (χ0v) is 18.2. The standard InChI is InChI=1S/C25H22Cl2N2O/c1-2-16-9-11-17(12-10-16)5-3-8-23(30)18-13-14-21-22(15-18)29-25(28-21)24-19(26)6-4-7-20(24)27/h4,6-7,9-15H,2-3,5,8H2,1H3,(H,28,29). The molecule has 1 aromatic heterocycles. The average Bonchev–Trinajstić information content (AvgIpc) is 3.16. The van der Waals surface area contributed by atoms with Crippen LogP contribution in [-0.2, 0) is 12.8 Å². The van der Waals surface area contributed by atoms with Crippen molar-refractivity contribution in [1.29, 1.82) is 0 Å². The van der Waals surface area contributed by atoms with Crippen molar-refractivity contribution in [3.8, 4) is 11.4 Å². The van der Waals surface area contributed by atoms with Gasteiger partial charge < -0.3 is 4.98 Å². The second-order valence-electron chi connectivity index (χ2n) is 7.36. The van der Waals surface area contributed by atoms with Crippen LogP contribution in [0.4, 0.5) is 0 Å². The number of carbonyl (C=O) groups excluding carboxylic acids is 1. The number of hydrogen-bond donors (Lipinski definition) is 1. The zero-order chi connectivity index (χ0) is 21.1. The smallest absolute Gasteiger partial charge is 0.162 e. The van der Waals surface area contributed by atoms with Crippen LogP contribution < -0.4 is 0 Å². The molecule has 0 aliphatic carbocycles. The van der Waals surface area contributed by atoms with Crippen LogP contribution in [0, 0.1) is 0 Å². The first-order valence-corrected chi connectivity index (χ1v) is 10.9. The third kappa shape index (κ3) is 4.43. The molecule has 4 aromatic rings. The molecule has 0 unspecified atom stereocenters. The summed E-state index contributed by atoms with van der Waals surface area (Å²) in [5, 5.41) is 1.06. The van der Waals surface area contributed by atoms with E-state index >= 15 is 0 Å². The van der Waals surface area contributed by atoms with E-state index in [0.717, 1.165) is 30.3 Å². The molecule has 0 aliphatic heterocycles. The van der Waals surface area contributed by atoms with Crippen LogP contribution in [0.15, 0.2) is 60.7 Å². The van der Waals surface area contributed by atoms with E-state index in [2.05, 4.69) is 41.2 Å². The van der Waals surface area contributed by atoms with Crippen molar-refractivity contribution < 1.29 is 4.79 Å². The number of halogens is 2. The molecule has 152 valence electrons. The van der Waals surface area contributed by atoms with Crippen molar-refractivity contribution in [3.05, 3.63) is 87.4 Å². The number of nitrogens with one attached hydrogen (secondary N) is 1. The third-order valence-corrected chi connectivity index (χ3v) is 5.93. The van der Waals surface area contributed by atoms with Gasteiger partial charge in [0.25, 0.3) is 0 Å². The second kappa shape index (κ2) is 9.03. The van der Waals surface area contributed by atoms with Gasteiger partial charge >= 0.3 is 0 Å². The Hall–Kier alpha value is -2.62. The highest BCUT2D eigenvalue weighted by molar-refractivity contribution is 6.39. The molecular weight excluding hydrogens is 415 g/mol. The summed E-state index contributed by atoms with van der Waals surface area (Å²) in [6.45, 7) is 2.15. The number of rotatable bonds is 7. The molecule has 4 rings (SSSR count). The summed E-state index contributed by atoms with van der Waals surface area (Å²) >= 11 is 12.6. The number of Topliss-reactive ketones (excluding diaryl/α,β-unsaturated/α-hetero) is 1. The third-order valence-electron chi connectivity index (χ3n) is 5.30. The summed E-state index contributed by atoms with van der Waals surface area (Å²) in [5.74, 6) is 0.731. The number of imidazole rings is 1. The van der Waals surface area contributed by atoms with E-state index < -0.39 is 0 Å². The highest BCUT2D eigenvalue weighted by Gasteiger charge is 2.14. The molecule has 0 saturated carbocycles. The molecule has 3 nitrogen and oxygen atoms in total. The maximum atomic E-state index is 12.7. The van der Waals surface area contributed by atoms with Crippen molar-refractivity contribution in [2.24, 2.45) is 0 Å². The first kappa shape index (κ1) is 20.6. The van der Waals surface area contributed by atoms with Gasteiger partial charge in [-0.1, -0.05) is 60.5 Å². The van der Waals surface area contributed by atoms with E-state index in [1.165, 1.54) is 11.1 Å². The first-order valence-electron chi connectivity index (χ1n) is 10.1. The van der Waals surface area contributed by atoms with Gasteiger partial charge in [-0.2, -0.15) is 0 Å². The highest BCUT2D eigenvalue weighted by atomic mass is 35.5. The predicted octanol–water partition coefficient (Wildman–Crippen LogP) is 7.30. The van der Waals surface area contributed by atoms with Crippen molar-refractivity contribution >= 4 is 40.0 Å². The van der Waals surface area contributed by atoms with Crippen LogP contribution in [-0.4, -0.2) is 15.8 Å². The number of aryl methyl sites for hydroxylation is 2. The number of ketones is 1. The minimum atomic E-state index is 0.133. The Morgan fingerprint density at radius 3 is 2.37 bits per heavy atom. The van der Waals surface area contributed by atoms with Crippen LogP contribution >= 0.6 is 23.2 Å². The lowest BCUT2D eigenvalue weighted by atomic mass is 10.0. The minimum Gasteiger partial charge on any atom is -0.338 e. The molecular formula is C25H22Cl2N2O. The summed E-state index contributed by atoms with van der Waals surface area (Å²) in [6, 6.07) is 19.5. The van der Waals surface area contributed by atoms with Gasteiger partial charge in [-0.15, -0.1) is 0 Å². The zero-order valence-electron chi connectivity index (χ0n) is 16.7. The number of aromatic nitrogens is 2. The van der Waals surface area contributed by atoms with Gasteiger partial charge in [-0.05, 0) is 60.7 Å². The van der Waals surface area contributed by atoms with Gasteiger partial charge in [-0.3, -0.25) is 4.79 Å². The summed E-state index contributed by atoms with van der Waals surface area (Å²) in [6.07, 6.45) is 3.28. The van der Waals surface area contributed by atoms with Crippen LogP contribution in [0.2, 0.25) is 10.0 Å². The van der Waals surface area contributed by atoms with Crippen molar-refractivity contribution in [2.45, 2.75) is 32.6 Å². The van der Waals surface area contributed by atoms with Crippen LogP contribution in [0.25, 0.3) is 22.4 Å². The Kier molecular flexibility index (Phi) is 6.21. The highest BCUT2D eigenvalue weighted by Crippen LogP contribution is 2.34. The molecule has 0 radical (unpaired) electrons. The lowest BCUT2D eigenvalue weighted by Crippen LogP contribution is -2.00. The fraction of sp³-hybridized carbons (Fsp3) is 0.200. The second-order valence-corrected chi connectivity index (χ2v) is 8.18. The maximum absolute atomic E-state index is 12.7. The van der Waals surface area contributed by atoms with Crippen LogP contribution in [0.3, 0.4) is 0 Å². The topological polar surface area (TPSA) is 45.8 Å². The monoisotopic (exact) mass is 436 g/mol. The number of nitrogens with zero attached hydrogens (tertiary/aromatic N) is 1. The van der Waals surface area contributed by atoms with E-state index in [-0.39, 0.29) is 5.78 Å². The quantitative estimate of drug-likeness (QED) is 0.308. The van der Waals surface area contributed by atoms with Gasteiger partial charge in [0.2, 0.25) is 0 Å². The van der Waals surface area contributed by atoms with Gasteiger partial charge in [0, 0.05) is 12.0 Å². The van der Waals surface area contributed by atoms with Gasteiger partial charge in [0.05, 0.1) is 26.6 Å². The molecule has 0 fully saturated rings.